The second-order valence-corrected chi connectivity index (χ2v) is 5.61. The number of carbonyl (C=O) groups is 1. The maximum atomic E-state index is 12.9. The second-order valence-electron chi connectivity index (χ2n) is 5.61. The largest absolute Gasteiger partial charge is 0.507 e. The molecule has 1 aromatic heterocycles. The number of aliphatic imine (C=N–C) groups is 1. The van der Waals surface area contributed by atoms with E-state index >= 15 is 0 Å². The number of halogens is 1. The van der Waals surface area contributed by atoms with Gasteiger partial charge in [-0.05, 0) is 42.5 Å². The first kappa shape index (κ1) is 18.8. The number of guanidine groups is 1. The molecule has 9 heteroatoms. The number of nitrogens with zero attached hydrogens (tertiary/aromatic N) is 3. The van der Waals surface area contributed by atoms with E-state index in [-0.39, 0.29) is 34.6 Å². The predicted octanol–water partition coefficient (Wildman–Crippen LogP) is 2.62. The van der Waals surface area contributed by atoms with Crippen molar-refractivity contribution in [2.24, 2.45) is 10.7 Å². The molecule has 0 saturated carbocycles. The van der Waals surface area contributed by atoms with E-state index in [0.29, 0.717) is 11.4 Å². The van der Waals surface area contributed by atoms with Crippen LogP contribution in [-0.2, 0) is 0 Å². The van der Waals surface area contributed by atoms with Gasteiger partial charge in [-0.3, -0.25) is 4.79 Å². The zero-order chi connectivity index (χ0) is 20.1. The highest BCUT2D eigenvalue weighted by atomic mass is 19.1. The van der Waals surface area contributed by atoms with Crippen molar-refractivity contribution in [2.45, 2.75) is 0 Å². The van der Waals surface area contributed by atoms with Crippen LogP contribution < -0.4 is 15.8 Å². The summed E-state index contributed by atoms with van der Waals surface area (Å²) in [6, 6.07) is 9.89. The van der Waals surface area contributed by atoms with E-state index in [9.17, 15) is 14.3 Å². The lowest BCUT2D eigenvalue weighted by Gasteiger charge is -2.07. The summed E-state index contributed by atoms with van der Waals surface area (Å²) in [6.45, 7) is 0. The maximum Gasteiger partial charge on any atom is 0.252 e. The summed E-state index contributed by atoms with van der Waals surface area (Å²) in [5.74, 6) is -0.561. The Labute approximate surface area is 159 Å². The maximum absolute atomic E-state index is 12.9. The number of anilines is 1. The number of benzene rings is 2. The second kappa shape index (κ2) is 8.12. The molecule has 0 bridgehead atoms. The first-order valence-electron chi connectivity index (χ1n) is 8.07. The monoisotopic (exact) mass is 381 g/mol. The molecule has 0 aliphatic carbocycles. The number of rotatable bonds is 5. The lowest BCUT2D eigenvalue weighted by atomic mass is 10.0. The molecule has 8 nitrogen and oxygen atoms in total. The van der Waals surface area contributed by atoms with Crippen molar-refractivity contribution >= 4 is 23.4 Å². The number of aromatic nitrogens is 2. The summed E-state index contributed by atoms with van der Waals surface area (Å²) < 4.78 is 18.0. The van der Waals surface area contributed by atoms with Crippen LogP contribution in [-0.4, -0.2) is 33.9 Å². The molecule has 0 fully saturated rings. The van der Waals surface area contributed by atoms with Gasteiger partial charge in [0, 0.05) is 18.1 Å². The molecule has 3 rings (SSSR count). The minimum Gasteiger partial charge on any atom is -0.507 e. The highest BCUT2D eigenvalue weighted by Gasteiger charge is 2.15. The first-order valence-corrected chi connectivity index (χ1v) is 8.07. The summed E-state index contributed by atoms with van der Waals surface area (Å²) in [4.78, 5) is 24.5. The van der Waals surface area contributed by atoms with Crippen molar-refractivity contribution in [1.82, 2.24) is 9.97 Å². The lowest BCUT2D eigenvalue weighted by molar-refractivity contribution is 0.103. The van der Waals surface area contributed by atoms with Crippen LogP contribution in [0.2, 0.25) is 0 Å². The molecule has 142 valence electrons. The van der Waals surface area contributed by atoms with Gasteiger partial charge >= 0.3 is 0 Å². The van der Waals surface area contributed by atoms with Gasteiger partial charge in [0.1, 0.15) is 17.3 Å². The topological polar surface area (TPSA) is 123 Å². The molecular weight excluding hydrogens is 365 g/mol. The van der Waals surface area contributed by atoms with Crippen molar-refractivity contribution in [3.8, 4) is 11.5 Å². The van der Waals surface area contributed by atoms with E-state index in [0.717, 1.165) is 0 Å². The number of hydrogen-bond acceptors (Lipinski definition) is 6. The number of nitrogens with one attached hydrogen (secondary N) is 1. The van der Waals surface area contributed by atoms with E-state index in [1.807, 2.05) is 0 Å². The summed E-state index contributed by atoms with van der Waals surface area (Å²) in [7, 11) is 1.46. The van der Waals surface area contributed by atoms with E-state index in [1.165, 1.54) is 62.0 Å². The Balaban J connectivity index is 1.75. The Bertz CT molecular complexity index is 1020. The zero-order valence-electron chi connectivity index (χ0n) is 14.8. The number of aromatic hydroxyl groups is 1. The van der Waals surface area contributed by atoms with E-state index in [4.69, 9.17) is 10.5 Å². The minimum atomic E-state index is -0.468. The fraction of sp³-hybridized carbons (Fsp3) is 0.0526. The van der Waals surface area contributed by atoms with Crippen molar-refractivity contribution in [3.05, 3.63) is 71.8 Å². The van der Waals surface area contributed by atoms with Gasteiger partial charge in [-0.1, -0.05) is 0 Å². The lowest BCUT2D eigenvalue weighted by Crippen LogP contribution is -2.22. The van der Waals surface area contributed by atoms with Crippen LogP contribution in [0.1, 0.15) is 15.9 Å². The normalized spacial score (nSPS) is 11.1. The minimum absolute atomic E-state index is 0.00359. The van der Waals surface area contributed by atoms with Gasteiger partial charge in [-0.15, -0.1) is 0 Å². The molecule has 0 saturated heterocycles. The molecule has 0 atom stereocenters. The highest BCUT2D eigenvalue weighted by Crippen LogP contribution is 2.25. The van der Waals surface area contributed by atoms with Crippen LogP contribution in [0.5, 0.6) is 11.5 Å². The molecule has 1 heterocycles. The fourth-order valence-electron chi connectivity index (χ4n) is 2.29. The predicted molar refractivity (Wildman–Crippen MR) is 101 cm³/mol. The van der Waals surface area contributed by atoms with Crippen molar-refractivity contribution in [3.63, 3.8) is 0 Å². The van der Waals surface area contributed by atoms with Crippen LogP contribution in [0, 0.1) is 5.82 Å². The van der Waals surface area contributed by atoms with Gasteiger partial charge in [-0.25, -0.2) is 14.4 Å². The molecule has 28 heavy (non-hydrogen) atoms. The third kappa shape index (κ3) is 4.39. The van der Waals surface area contributed by atoms with Gasteiger partial charge in [0.15, 0.2) is 5.78 Å². The Hall–Kier alpha value is -4.01. The average molecular weight is 381 g/mol. The van der Waals surface area contributed by atoms with E-state index in [2.05, 4.69) is 20.3 Å². The molecule has 2 aromatic carbocycles. The fourth-order valence-corrected chi connectivity index (χ4v) is 2.29. The van der Waals surface area contributed by atoms with Gasteiger partial charge in [0.05, 0.1) is 18.2 Å². The third-order valence-electron chi connectivity index (χ3n) is 3.69. The molecule has 4 N–H and O–H groups in total. The van der Waals surface area contributed by atoms with Crippen LogP contribution in [0.4, 0.5) is 16.0 Å². The number of carbonyl (C=O) groups excluding carboxylic acids is 1. The Morgan fingerprint density at radius 1 is 1.18 bits per heavy atom. The molecule has 0 aliphatic heterocycles. The van der Waals surface area contributed by atoms with E-state index in [1.54, 1.807) is 0 Å². The zero-order valence-corrected chi connectivity index (χ0v) is 14.8. The molecule has 0 radical (unpaired) electrons. The molecule has 0 amide bonds. The van der Waals surface area contributed by atoms with Crippen LogP contribution in [0.15, 0.2) is 59.9 Å². The summed E-state index contributed by atoms with van der Waals surface area (Å²) in [5.41, 5.74) is 6.54. The number of ether oxygens (including phenoxy) is 1. The van der Waals surface area contributed by atoms with Crippen LogP contribution in [0.25, 0.3) is 0 Å². The molecule has 3 aromatic rings. The summed E-state index contributed by atoms with van der Waals surface area (Å²) in [6.07, 6.45) is 2.55. The number of phenolic OH excluding ortho intramolecular Hbond substituents is 1. The van der Waals surface area contributed by atoms with Gasteiger partial charge in [0.2, 0.25) is 5.96 Å². The van der Waals surface area contributed by atoms with Gasteiger partial charge in [0.25, 0.3) is 5.95 Å². The Kier molecular flexibility index (Phi) is 5.45. The highest BCUT2D eigenvalue weighted by molar-refractivity contribution is 6.10. The summed E-state index contributed by atoms with van der Waals surface area (Å²) in [5, 5.41) is 12.7. The average Bonchev–Trinajstić information content (AvgIpc) is 2.70. The molecule has 0 aliphatic rings. The number of ketones is 1. The Morgan fingerprint density at radius 2 is 1.86 bits per heavy atom. The standard InChI is InChI=1S/C19H16FN5O3/c1-28-14-6-7-16(26)15(8-14)17(27)11-9-22-19(23-10-11)25-18(21)24-13-4-2-12(20)3-5-13/h2-10,26H,1H3,(H3,21,22,23,24,25). The smallest absolute Gasteiger partial charge is 0.252 e. The van der Waals surface area contributed by atoms with Gasteiger partial charge < -0.3 is 20.9 Å². The Morgan fingerprint density at radius 3 is 2.50 bits per heavy atom. The van der Waals surface area contributed by atoms with Crippen LogP contribution >= 0.6 is 0 Å². The van der Waals surface area contributed by atoms with Crippen molar-refractivity contribution in [2.75, 3.05) is 12.4 Å². The number of hydrogen-bond donors (Lipinski definition) is 3. The van der Waals surface area contributed by atoms with Crippen molar-refractivity contribution in [1.29, 1.82) is 0 Å². The van der Waals surface area contributed by atoms with Crippen molar-refractivity contribution < 1.29 is 19.0 Å². The summed E-state index contributed by atoms with van der Waals surface area (Å²) >= 11 is 0. The van der Waals surface area contributed by atoms with Gasteiger partial charge in [-0.2, -0.15) is 4.99 Å². The third-order valence-corrected chi connectivity index (χ3v) is 3.69. The van der Waals surface area contributed by atoms with E-state index < -0.39 is 5.78 Å². The number of methoxy groups -OCH3 is 1. The molecular formula is C19H16FN5O3. The van der Waals surface area contributed by atoms with Crippen LogP contribution in [0.3, 0.4) is 0 Å². The first-order chi connectivity index (χ1) is 13.5. The number of nitrogens with two attached hydrogens (primary N) is 1. The molecule has 0 spiro atoms. The molecule has 0 unspecified atom stereocenters. The number of phenols is 1. The SMILES string of the molecule is COc1ccc(O)c(C(=O)c2cnc(N=C(N)Nc3ccc(F)cc3)nc2)c1. The quantitative estimate of drug-likeness (QED) is 0.353.